The average molecular weight is 849 g/mol. The number of hydrogen-bond donors (Lipinski definition) is 4. The van der Waals surface area contributed by atoms with Gasteiger partial charge in [0.05, 0.1) is 0 Å². The van der Waals surface area contributed by atoms with Crippen LogP contribution in [0.4, 0.5) is 0 Å². The highest BCUT2D eigenvalue weighted by Gasteiger charge is 2.29. The van der Waals surface area contributed by atoms with Crippen molar-refractivity contribution in [2.75, 3.05) is 65.4 Å². The van der Waals surface area contributed by atoms with Gasteiger partial charge in [-0.25, -0.2) is 0 Å². The van der Waals surface area contributed by atoms with E-state index in [0.717, 1.165) is 25.7 Å². The average Bonchev–Trinajstić information content (AvgIpc) is 3.00. The molecule has 60 heavy (non-hydrogen) atoms. The Balaban J connectivity index is 5.96. The number of carbonyl (C=O) groups excluding carboxylic acids is 4. The van der Waals surface area contributed by atoms with E-state index in [2.05, 4.69) is 170 Å². The SMILES string of the molecule is CC(C)(C)CC(C)(C)CNC(=O)CCN(CCC(=O)NCC(C)(C)CC(C)(C)C)CCN(CCC(=O)NCC(C)(C)CC(C)(C)C)CCC(=O)NCC(C)(C)CC(C)(C)C. The molecule has 0 unspecified atom stereocenters. The van der Waals surface area contributed by atoms with Crippen LogP contribution in [0.5, 0.6) is 0 Å². The lowest BCUT2D eigenvalue weighted by atomic mass is 9.76. The third kappa shape index (κ3) is 33.4. The number of nitrogens with one attached hydrogen (secondary N) is 4. The number of carbonyl (C=O) groups is 4. The van der Waals surface area contributed by atoms with E-state index in [0.29, 0.717) is 91.1 Å². The number of nitrogens with zero attached hydrogens (tertiary/aromatic N) is 2. The molecule has 0 aliphatic carbocycles. The fourth-order valence-corrected chi connectivity index (χ4v) is 9.69. The molecule has 4 amide bonds. The third-order valence-electron chi connectivity index (χ3n) is 10.4. The van der Waals surface area contributed by atoms with E-state index in [1.807, 2.05) is 0 Å². The van der Waals surface area contributed by atoms with E-state index < -0.39 is 0 Å². The molecule has 0 bridgehead atoms. The van der Waals surface area contributed by atoms with Crippen molar-refractivity contribution in [2.24, 2.45) is 43.3 Å². The molecule has 0 aliphatic rings. The maximum atomic E-state index is 13.2. The molecule has 0 aromatic carbocycles. The Hall–Kier alpha value is -2.20. The lowest BCUT2D eigenvalue weighted by Crippen LogP contribution is -2.43. The number of amides is 4. The molecule has 0 atom stereocenters. The molecule has 0 aromatic heterocycles. The summed E-state index contributed by atoms with van der Waals surface area (Å²) >= 11 is 0. The summed E-state index contributed by atoms with van der Waals surface area (Å²) in [5.41, 5.74) is 0.511. The van der Waals surface area contributed by atoms with Gasteiger partial charge in [0, 0.05) is 91.1 Å². The van der Waals surface area contributed by atoms with Crippen LogP contribution in [0, 0.1) is 43.3 Å². The van der Waals surface area contributed by atoms with Crippen molar-refractivity contribution in [3.8, 4) is 0 Å². The van der Waals surface area contributed by atoms with E-state index in [-0.39, 0.29) is 66.9 Å². The van der Waals surface area contributed by atoms with E-state index in [1.54, 1.807) is 0 Å². The molecule has 354 valence electrons. The highest BCUT2D eigenvalue weighted by atomic mass is 16.2. The zero-order valence-corrected chi connectivity index (χ0v) is 43.3. The molecule has 0 saturated heterocycles. The molecule has 0 heterocycles. The molecule has 0 radical (unpaired) electrons. The highest BCUT2D eigenvalue weighted by molar-refractivity contribution is 5.77. The molecule has 0 aromatic rings. The summed E-state index contributed by atoms with van der Waals surface area (Å²) in [7, 11) is 0. The van der Waals surface area contributed by atoms with Gasteiger partial charge in [0.1, 0.15) is 0 Å². The monoisotopic (exact) mass is 849 g/mol. The number of rotatable bonds is 27. The van der Waals surface area contributed by atoms with Crippen LogP contribution in [0.3, 0.4) is 0 Å². The van der Waals surface area contributed by atoms with Crippen LogP contribution in [-0.4, -0.2) is 98.9 Å². The van der Waals surface area contributed by atoms with Gasteiger partial charge in [0.2, 0.25) is 23.6 Å². The molecule has 0 fully saturated rings. The summed E-state index contributed by atoms with van der Waals surface area (Å²) in [6, 6.07) is 0. The predicted molar refractivity (Wildman–Crippen MR) is 255 cm³/mol. The van der Waals surface area contributed by atoms with E-state index >= 15 is 0 Å². The van der Waals surface area contributed by atoms with Gasteiger partial charge in [-0.2, -0.15) is 0 Å². The van der Waals surface area contributed by atoms with Crippen LogP contribution < -0.4 is 21.3 Å². The Morgan fingerprint density at radius 2 is 0.467 bits per heavy atom. The van der Waals surface area contributed by atoms with Crippen molar-refractivity contribution in [3.63, 3.8) is 0 Å². The topological polar surface area (TPSA) is 123 Å². The van der Waals surface area contributed by atoms with E-state index in [9.17, 15) is 19.2 Å². The molecular formula is C50H100N6O4. The molecule has 0 spiro atoms. The predicted octanol–water partition coefficient (Wildman–Crippen LogP) is 9.47. The summed E-state index contributed by atoms with van der Waals surface area (Å²) in [6.45, 7) is 49.9. The van der Waals surface area contributed by atoms with Crippen LogP contribution in [0.15, 0.2) is 0 Å². The first kappa shape index (κ1) is 57.8. The molecule has 0 rings (SSSR count). The standard InChI is InChI=1S/C50H100N6O4/c1-43(2,3)31-47(13,14)35-51-39(57)21-25-55(26-22-40(58)52-36-48(15,16)32-44(4,5)6)29-30-56(27-23-41(59)53-37-49(17,18)33-45(7,8)9)28-24-42(60)54-38-50(19,20)34-46(10,11)12/h21-38H2,1-20H3,(H,51,57)(H,52,58)(H,53,59)(H,54,60). The zero-order valence-electron chi connectivity index (χ0n) is 43.3. The van der Waals surface area contributed by atoms with Gasteiger partial charge in [-0.05, 0) is 69.0 Å². The summed E-state index contributed by atoms with van der Waals surface area (Å²) in [5, 5.41) is 12.7. The fourth-order valence-electron chi connectivity index (χ4n) is 9.69. The Bertz CT molecular complexity index is 1110. The third-order valence-corrected chi connectivity index (χ3v) is 10.4. The Morgan fingerprint density at radius 3 is 0.617 bits per heavy atom. The van der Waals surface area contributed by atoms with Crippen LogP contribution in [-0.2, 0) is 19.2 Å². The summed E-state index contributed by atoms with van der Waals surface area (Å²) in [6.07, 6.45) is 5.26. The van der Waals surface area contributed by atoms with E-state index in [1.165, 1.54) is 0 Å². The lowest BCUT2D eigenvalue weighted by Gasteiger charge is -2.33. The molecule has 4 N–H and O–H groups in total. The second kappa shape index (κ2) is 24.0. The number of hydrogen-bond acceptors (Lipinski definition) is 6. The zero-order chi connectivity index (χ0) is 47.0. The van der Waals surface area contributed by atoms with Gasteiger partial charge in [0.25, 0.3) is 0 Å². The largest absolute Gasteiger partial charge is 0.356 e. The molecule has 0 saturated carbocycles. The van der Waals surface area contributed by atoms with Crippen LogP contribution in [0.2, 0.25) is 0 Å². The van der Waals surface area contributed by atoms with Crippen molar-refractivity contribution in [1.29, 1.82) is 0 Å². The lowest BCUT2D eigenvalue weighted by molar-refractivity contribution is -0.124. The van der Waals surface area contributed by atoms with Crippen molar-refractivity contribution in [2.45, 2.75) is 190 Å². The van der Waals surface area contributed by atoms with Crippen molar-refractivity contribution in [3.05, 3.63) is 0 Å². The molecule has 0 aliphatic heterocycles. The molecule has 10 nitrogen and oxygen atoms in total. The van der Waals surface area contributed by atoms with E-state index in [4.69, 9.17) is 0 Å². The fraction of sp³-hybridized carbons (Fsp3) is 0.920. The quantitative estimate of drug-likeness (QED) is 0.0654. The van der Waals surface area contributed by atoms with Crippen molar-refractivity contribution >= 4 is 23.6 Å². The first-order valence-corrected chi connectivity index (χ1v) is 23.3. The Labute approximate surface area is 371 Å². The maximum Gasteiger partial charge on any atom is 0.221 e. The first-order chi connectivity index (χ1) is 26.8. The van der Waals surface area contributed by atoms with Crippen molar-refractivity contribution in [1.82, 2.24) is 31.1 Å². The van der Waals surface area contributed by atoms with Gasteiger partial charge >= 0.3 is 0 Å². The minimum Gasteiger partial charge on any atom is -0.356 e. The van der Waals surface area contributed by atoms with Gasteiger partial charge in [-0.1, -0.05) is 138 Å². The van der Waals surface area contributed by atoms with Crippen LogP contribution in [0.1, 0.15) is 190 Å². The Morgan fingerprint density at radius 1 is 0.300 bits per heavy atom. The summed E-state index contributed by atoms with van der Waals surface area (Å²) < 4.78 is 0. The van der Waals surface area contributed by atoms with Gasteiger partial charge in [-0.15, -0.1) is 0 Å². The highest BCUT2D eigenvalue weighted by Crippen LogP contribution is 2.35. The summed E-state index contributed by atoms with van der Waals surface area (Å²) in [5.74, 6) is 0.0160. The van der Waals surface area contributed by atoms with Crippen LogP contribution in [0.25, 0.3) is 0 Å². The molecular weight excluding hydrogens is 749 g/mol. The first-order valence-electron chi connectivity index (χ1n) is 23.3. The van der Waals surface area contributed by atoms with Gasteiger partial charge in [-0.3, -0.25) is 19.2 Å². The Kier molecular flexibility index (Phi) is 23.1. The van der Waals surface area contributed by atoms with Gasteiger partial charge in [0.15, 0.2) is 0 Å². The smallest absolute Gasteiger partial charge is 0.221 e. The normalized spacial score (nSPS) is 13.8. The van der Waals surface area contributed by atoms with Gasteiger partial charge < -0.3 is 31.1 Å². The maximum absolute atomic E-state index is 13.2. The second-order valence-corrected chi connectivity index (χ2v) is 26.4. The summed E-state index contributed by atoms with van der Waals surface area (Å²) in [4.78, 5) is 57.3. The van der Waals surface area contributed by atoms with Crippen molar-refractivity contribution < 1.29 is 19.2 Å². The minimum atomic E-state index is -0.0315. The second-order valence-electron chi connectivity index (χ2n) is 26.4. The minimum absolute atomic E-state index is 0.00401. The van der Waals surface area contributed by atoms with Crippen LogP contribution >= 0.6 is 0 Å². The molecule has 10 heteroatoms.